The van der Waals surface area contributed by atoms with Gasteiger partial charge in [0.05, 0.1) is 23.5 Å². The molecule has 0 saturated carbocycles. The molecule has 164 valence electrons. The number of amides is 1. The number of nitrogens with one attached hydrogen (secondary N) is 3. The van der Waals surface area contributed by atoms with Crippen LogP contribution >= 0.6 is 11.6 Å². The summed E-state index contributed by atoms with van der Waals surface area (Å²) in [5.74, 6) is -1.16. The van der Waals surface area contributed by atoms with Gasteiger partial charge in [-0.1, -0.05) is 11.6 Å². The van der Waals surface area contributed by atoms with Gasteiger partial charge < -0.3 is 21.1 Å². The number of halogens is 3. The van der Waals surface area contributed by atoms with Crippen LogP contribution in [0.15, 0.2) is 36.8 Å². The van der Waals surface area contributed by atoms with Crippen LogP contribution in [0.2, 0.25) is 5.02 Å². The van der Waals surface area contributed by atoms with Crippen molar-refractivity contribution in [2.24, 2.45) is 0 Å². The van der Waals surface area contributed by atoms with Crippen molar-refractivity contribution in [2.45, 2.75) is 26.1 Å². The molecular weight excluding hydrogens is 432 g/mol. The normalized spacial score (nSPS) is 11.8. The van der Waals surface area contributed by atoms with Crippen LogP contribution in [0.5, 0.6) is 0 Å². The van der Waals surface area contributed by atoms with Crippen molar-refractivity contribution in [3.05, 3.63) is 59.0 Å². The molecular formula is C19H20ClF2N7O2. The maximum absolute atomic E-state index is 13.9. The maximum atomic E-state index is 13.9. The van der Waals surface area contributed by atoms with Crippen molar-refractivity contribution in [1.29, 1.82) is 0 Å². The van der Waals surface area contributed by atoms with Crippen LogP contribution in [-0.4, -0.2) is 43.4 Å². The Labute approximate surface area is 181 Å². The molecule has 12 heteroatoms. The van der Waals surface area contributed by atoms with Gasteiger partial charge in [0.25, 0.3) is 0 Å². The lowest BCUT2D eigenvalue weighted by molar-refractivity contribution is -0.122. The molecule has 0 aliphatic heterocycles. The number of aliphatic hydroxyl groups excluding tert-OH is 1. The van der Waals surface area contributed by atoms with Crippen molar-refractivity contribution < 1.29 is 18.7 Å². The summed E-state index contributed by atoms with van der Waals surface area (Å²) in [6, 6.07) is 3.04. The maximum Gasteiger partial charge on any atom is 0.242 e. The number of aliphatic hydroxyl groups is 1. The topological polar surface area (TPSA) is 117 Å². The van der Waals surface area contributed by atoms with E-state index in [1.54, 1.807) is 19.2 Å². The first kappa shape index (κ1) is 22.4. The monoisotopic (exact) mass is 451 g/mol. The quantitative estimate of drug-likeness (QED) is 0.395. The first-order valence-corrected chi connectivity index (χ1v) is 9.62. The predicted molar refractivity (Wildman–Crippen MR) is 111 cm³/mol. The zero-order valence-corrected chi connectivity index (χ0v) is 17.2. The van der Waals surface area contributed by atoms with Gasteiger partial charge in [-0.3, -0.25) is 9.48 Å². The summed E-state index contributed by atoms with van der Waals surface area (Å²) in [5, 5.41) is 21.5. The number of rotatable bonds is 9. The molecule has 9 nitrogen and oxygen atoms in total. The minimum atomic E-state index is -0.755. The lowest BCUT2D eigenvalue weighted by Gasteiger charge is -2.10. The highest BCUT2D eigenvalue weighted by Crippen LogP contribution is 2.22. The first-order chi connectivity index (χ1) is 14.8. The van der Waals surface area contributed by atoms with Crippen molar-refractivity contribution in [2.75, 3.05) is 17.2 Å². The van der Waals surface area contributed by atoms with Gasteiger partial charge in [0, 0.05) is 36.6 Å². The molecule has 1 atom stereocenters. The summed E-state index contributed by atoms with van der Waals surface area (Å²) in [5.41, 5.74) is 0.666. The Kier molecular flexibility index (Phi) is 7.32. The average Bonchev–Trinajstić information content (AvgIpc) is 3.13. The van der Waals surface area contributed by atoms with E-state index in [1.807, 2.05) is 0 Å². The highest BCUT2D eigenvalue weighted by molar-refractivity contribution is 6.31. The molecule has 0 fully saturated rings. The number of anilines is 3. The highest BCUT2D eigenvalue weighted by Gasteiger charge is 2.11. The number of carbonyl (C=O) groups is 1. The summed E-state index contributed by atoms with van der Waals surface area (Å²) in [7, 11) is 0. The van der Waals surface area contributed by atoms with Crippen molar-refractivity contribution >= 4 is 35.0 Å². The molecule has 4 N–H and O–H groups in total. The average molecular weight is 452 g/mol. The molecule has 2 aromatic heterocycles. The van der Waals surface area contributed by atoms with Crippen LogP contribution in [-0.2, 0) is 17.9 Å². The van der Waals surface area contributed by atoms with Crippen LogP contribution in [0.1, 0.15) is 12.5 Å². The third-order valence-electron chi connectivity index (χ3n) is 4.08. The summed E-state index contributed by atoms with van der Waals surface area (Å²) in [6.07, 6.45) is 4.59. The Morgan fingerprint density at radius 1 is 1.35 bits per heavy atom. The zero-order valence-electron chi connectivity index (χ0n) is 16.4. The molecule has 0 saturated heterocycles. The molecule has 1 aromatic carbocycles. The number of carbonyl (C=O) groups excluding carboxylic acids is 1. The zero-order chi connectivity index (χ0) is 22.4. The summed E-state index contributed by atoms with van der Waals surface area (Å²) in [6.45, 7) is 1.52. The van der Waals surface area contributed by atoms with Crippen LogP contribution in [0.25, 0.3) is 0 Å². The van der Waals surface area contributed by atoms with E-state index in [1.165, 1.54) is 17.1 Å². The Morgan fingerprint density at radius 3 is 2.90 bits per heavy atom. The number of aromatic nitrogens is 4. The van der Waals surface area contributed by atoms with Crippen LogP contribution in [0, 0.1) is 11.6 Å². The lowest BCUT2D eigenvalue weighted by atomic mass is 10.2. The molecule has 1 amide bonds. The van der Waals surface area contributed by atoms with Crippen LogP contribution in [0.3, 0.4) is 0 Å². The van der Waals surface area contributed by atoms with E-state index in [4.69, 9.17) is 16.7 Å². The van der Waals surface area contributed by atoms with E-state index in [9.17, 15) is 13.6 Å². The molecule has 0 aliphatic carbocycles. The van der Waals surface area contributed by atoms with Crippen molar-refractivity contribution in [3.8, 4) is 0 Å². The molecule has 0 bridgehead atoms. The van der Waals surface area contributed by atoms with Crippen LogP contribution in [0.4, 0.5) is 26.2 Å². The lowest BCUT2D eigenvalue weighted by Crippen LogP contribution is -2.37. The molecule has 0 unspecified atom stereocenters. The Bertz CT molecular complexity index is 1040. The minimum Gasteiger partial charge on any atom is -0.394 e. The fourth-order valence-corrected chi connectivity index (χ4v) is 2.86. The molecule has 31 heavy (non-hydrogen) atoms. The number of benzene rings is 1. The molecule has 3 aromatic rings. The predicted octanol–water partition coefficient (Wildman–Crippen LogP) is 2.46. The minimum absolute atomic E-state index is 0.000701. The van der Waals surface area contributed by atoms with Gasteiger partial charge in [0.2, 0.25) is 11.9 Å². The fourth-order valence-electron chi connectivity index (χ4n) is 2.59. The van der Waals surface area contributed by atoms with Gasteiger partial charge >= 0.3 is 0 Å². The van der Waals surface area contributed by atoms with Crippen molar-refractivity contribution in [1.82, 2.24) is 25.1 Å². The first-order valence-electron chi connectivity index (χ1n) is 9.24. The highest BCUT2D eigenvalue weighted by atomic mass is 35.5. The van der Waals surface area contributed by atoms with Crippen LogP contribution < -0.4 is 16.0 Å². The molecule has 3 rings (SSSR count). The summed E-state index contributed by atoms with van der Waals surface area (Å²) >= 11 is 5.90. The Morgan fingerprint density at radius 2 is 2.16 bits per heavy atom. The largest absolute Gasteiger partial charge is 0.394 e. The van der Waals surface area contributed by atoms with E-state index in [2.05, 4.69) is 31.0 Å². The number of hydrogen-bond acceptors (Lipinski definition) is 7. The number of nitrogens with zero attached hydrogens (tertiary/aromatic N) is 4. The van der Waals surface area contributed by atoms with E-state index >= 15 is 0 Å². The molecule has 0 spiro atoms. The molecule has 0 radical (unpaired) electrons. The molecule has 0 aliphatic rings. The smallest absolute Gasteiger partial charge is 0.242 e. The van der Waals surface area contributed by atoms with Gasteiger partial charge in [-0.05, 0) is 19.1 Å². The summed E-state index contributed by atoms with van der Waals surface area (Å²) < 4.78 is 28.5. The summed E-state index contributed by atoms with van der Waals surface area (Å²) in [4.78, 5) is 20.2. The van der Waals surface area contributed by atoms with E-state index in [-0.39, 0.29) is 48.2 Å². The second kappa shape index (κ2) is 10.1. The van der Waals surface area contributed by atoms with E-state index < -0.39 is 11.6 Å². The SMILES string of the molecule is C[C@@H](CO)NC(=O)Cn1cc(Nc2nccc(NCc3c(F)cc(F)cc3Cl)n2)cn1. The third kappa shape index (κ3) is 6.33. The van der Waals surface area contributed by atoms with E-state index in [0.29, 0.717) is 11.5 Å². The molecule has 2 heterocycles. The van der Waals surface area contributed by atoms with Gasteiger partial charge in [-0.2, -0.15) is 10.1 Å². The standard InChI is InChI=1S/C19H20ClF2N7O2/c1-11(10-30)26-18(31)9-29-8-13(6-25-29)27-19-23-3-2-17(28-19)24-7-14-15(20)4-12(21)5-16(14)22/h2-6,8,11,30H,7,9-10H2,1H3,(H,26,31)(H2,23,24,27,28)/t11-/m0/s1. The third-order valence-corrected chi connectivity index (χ3v) is 4.42. The second-order valence-corrected chi connectivity index (χ2v) is 7.08. The van der Waals surface area contributed by atoms with Gasteiger partial charge in [0.15, 0.2) is 0 Å². The van der Waals surface area contributed by atoms with E-state index in [0.717, 1.165) is 12.1 Å². The number of hydrogen-bond donors (Lipinski definition) is 4. The van der Waals surface area contributed by atoms with Crippen molar-refractivity contribution in [3.63, 3.8) is 0 Å². The van der Waals surface area contributed by atoms with Gasteiger partial charge in [-0.15, -0.1) is 0 Å². The van der Waals surface area contributed by atoms with Gasteiger partial charge in [0.1, 0.15) is 24.0 Å². The Hall–Kier alpha value is -3.31. The second-order valence-electron chi connectivity index (χ2n) is 6.67. The Balaban J connectivity index is 1.60. The fraction of sp³-hybridized carbons (Fsp3) is 0.263. The van der Waals surface area contributed by atoms with Gasteiger partial charge in [-0.25, -0.2) is 13.8 Å².